The summed E-state index contributed by atoms with van der Waals surface area (Å²) in [6.07, 6.45) is 2.37. The fourth-order valence-corrected chi connectivity index (χ4v) is 2.78. The van der Waals surface area contributed by atoms with E-state index < -0.39 is 0 Å². The quantitative estimate of drug-likeness (QED) is 0.905. The molecule has 112 valence electrons. The fourth-order valence-electron chi connectivity index (χ4n) is 2.78. The van der Waals surface area contributed by atoms with Crippen molar-refractivity contribution in [3.63, 3.8) is 0 Å². The first-order chi connectivity index (χ1) is 10.3. The molecule has 0 spiro atoms. The Balaban J connectivity index is 1.82. The van der Waals surface area contributed by atoms with Gasteiger partial charge in [-0.1, -0.05) is 37.1 Å². The van der Waals surface area contributed by atoms with Crippen molar-refractivity contribution in [2.75, 3.05) is 18.0 Å². The SMILES string of the molecule is CC(C)NCC1CCCN1c1nnnn1-c1ccccc1. The molecule has 0 radical (unpaired) electrons. The Hall–Kier alpha value is -1.95. The van der Waals surface area contributed by atoms with Gasteiger partial charge < -0.3 is 10.2 Å². The molecule has 1 aromatic heterocycles. The summed E-state index contributed by atoms with van der Waals surface area (Å²) >= 11 is 0. The molecule has 6 heteroatoms. The highest BCUT2D eigenvalue weighted by molar-refractivity contribution is 5.42. The fraction of sp³-hybridized carbons (Fsp3) is 0.533. The zero-order valence-corrected chi connectivity index (χ0v) is 12.6. The summed E-state index contributed by atoms with van der Waals surface area (Å²) in [5, 5.41) is 15.8. The van der Waals surface area contributed by atoms with Crippen molar-refractivity contribution in [2.24, 2.45) is 0 Å². The van der Waals surface area contributed by atoms with E-state index in [2.05, 4.69) is 39.6 Å². The van der Waals surface area contributed by atoms with Crippen LogP contribution in [0, 0.1) is 0 Å². The average molecular weight is 286 g/mol. The van der Waals surface area contributed by atoms with Gasteiger partial charge >= 0.3 is 0 Å². The van der Waals surface area contributed by atoms with E-state index >= 15 is 0 Å². The first kappa shape index (κ1) is 14.0. The molecular formula is C15H22N6. The van der Waals surface area contributed by atoms with Gasteiger partial charge in [-0.15, -0.1) is 0 Å². The van der Waals surface area contributed by atoms with Crippen LogP contribution in [0.1, 0.15) is 26.7 Å². The minimum absolute atomic E-state index is 0.459. The van der Waals surface area contributed by atoms with Crippen LogP contribution in [-0.2, 0) is 0 Å². The maximum atomic E-state index is 4.25. The number of tetrazole rings is 1. The van der Waals surface area contributed by atoms with Crippen LogP contribution in [0.15, 0.2) is 30.3 Å². The zero-order chi connectivity index (χ0) is 14.7. The third-order valence-electron chi connectivity index (χ3n) is 3.85. The van der Waals surface area contributed by atoms with Gasteiger partial charge in [-0.05, 0) is 35.4 Å². The number of hydrogen-bond acceptors (Lipinski definition) is 5. The summed E-state index contributed by atoms with van der Waals surface area (Å²) in [4.78, 5) is 2.32. The molecule has 0 aliphatic carbocycles. The summed E-state index contributed by atoms with van der Waals surface area (Å²) in [5.74, 6) is 0.842. The second-order valence-electron chi connectivity index (χ2n) is 5.78. The average Bonchev–Trinajstić information content (AvgIpc) is 3.14. The standard InChI is InChI=1S/C15H22N6/c1-12(2)16-11-14-9-6-10-20(14)15-17-18-19-21(15)13-7-4-3-5-8-13/h3-5,7-8,12,14,16H,6,9-11H2,1-2H3. The number of para-hydroxylation sites is 1. The lowest BCUT2D eigenvalue weighted by Gasteiger charge is -2.26. The van der Waals surface area contributed by atoms with E-state index in [4.69, 9.17) is 0 Å². The molecule has 0 saturated carbocycles. The monoisotopic (exact) mass is 286 g/mol. The summed E-state index contributed by atoms with van der Waals surface area (Å²) in [6, 6.07) is 11.0. The molecule has 0 amide bonds. The second-order valence-corrected chi connectivity index (χ2v) is 5.78. The Morgan fingerprint density at radius 1 is 1.29 bits per heavy atom. The predicted octanol–water partition coefficient (Wildman–Crippen LogP) is 1.63. The van der Waals surface area contributed by atoms with Gasteiger partial charge in [0.2, 0.25) is 0 Å². The minimum Gasteiger partial charge on any atom is -0.335 e. The van der Waals surface area contributed by atoms with Crippen LogP contribution in [0.25, 0.3) is 5.69 Å². The number of benzene rings is 1. The van der Waals surface area contributed by atoms with E-state index in [-0.39, 0.29) is 0 Å². The molecule has 6 nitrogen and oxygen atoms in total. The lowest BCUT2D eigenvalue weighted by atomic mass is 10.2. The normalized spacial score (nSPS) is 18.6. The Bertz CT molecular complexity index is 565. The van der Waals surface area contributed by atoms with Crippen LogP contribution in [0.2, 0.25) is 0 Å². The molecule has 2 aromatic rings. The molecule has 1 aliphatic heterocycles. The van der Waals surface area contributed by atoms with E-state index in [1.54, 1.807) is 0 Å². The van der Waals surface area contributed by atoms with Gasteiger partial charge in [0.1, 0.15) is 0 Å². The Morgan fingerprint density at radius 3 is 2.86 bits per heavy atom. The molecule has 1 N–H and O–H groups in total. The maximum absolute atomic E-state index is 4.25. The van der Waals surface area contributed by atoms with Crippen molar-refractivity contribution >= 4 is 5.95 Å². The lowest BCUT2D eigenvalue weighted by Crippen LogP contribution is -2.41. The van der Waals surface area contributed by atoms with Crippen molar-refractivity contribution in [3.8, 4) is 5.69 Å². The number of nitrogens with one attached hydrogen (secondary N) is 1. The molecule has 1 atom stereocenters. The van der Waals surface area contributed by atoms with Gasteiger partial charge in [-0.25, -0.2) is 0 Å². The van der Waals surface area contributed by atoms with Crippen molar-refractivity contribution < 1.29 is 0 Å². The van der Waals surface area contributed by atoms with Crippen LogP contribution in [0.3, 0.4) is 0 Å². The molecule has 0 bridgehead atoms. The lowest BCUT2D eigenvalue weighted by molar-refractivity contribution is 0.519. The molecule has 1 fully saturated rings. The highest BCUT2D eigenvalue weighted by Gasteiger charge is 2.28. The van der Waals surface area contributed by atoms with Gasteiger partial charge in [0.05, 0.1) is 5.69 Å². The van der Waals surface area contributed by atoms with Crippen LogP contribution in [0.5, 0.6) is 0 Å². The molecule has 1 saturated heterocycles. The summed E-state index contributed by atoms with van der Waals surface area (Å²) in [5.41, 5.74) is 1.000. The molecule has 2 heterocycles. The smallest absolute Gasteiger partial charge is 0.250 e. The van der Waals surface area contributed by atoms with Gasteiger partial charge in [-0.3, -0.25) is 0 Å². The predicted molar refractivity (Wildman–Crippen MR) is 82.7 cm³/mol. The topological polar surface area (TPSA) is 58.9 Å². The van der Waals surface area contributed by atoms with Crippen LogP contribution < -0.4 is 10.2 Å². The summed E-state index contributed by atoms with van der Waals surface area (Å²) in [6.45, 7) is 6.33. The zero-order valence-electron chi connectivity index (χ0n) is 12.6. The van der Waals surface area contributed by atoms with E-state index in [9.17, 15) is 0 Å². The van der Waals surface area contributed by atoms with Crippen molar-refractivity contribution in [2.45, 2.75) is 38.8 Å². The molecule has 3 rings (SSSR count). The number of nitrogens with zero attached hydrogens (tertiary/aromatic N) is 5. The molecule has 1 unspecified atom stereocenters. The third-order valence-corrected chi connectivity index (χ3v) is 3.85. The molecular weight excluding hydrogens is 264 g/mol. The summed E-state index contributed by atoms with van der Waals surface area (Å²) in [7, 11) is 0. The highest BCUT2D eigenvalue weighted by Crippen LogP contribution is 2.24. The highest BCUT2D eigenvalue weighted by atomic mass is 15.6. The first-order valence-corrected chi connectivity index (χ1v) is 7.59. The molecule has 21 heavy (non-hydrogen) atoms. The van der Waals surface area contributed by atoms with E-state index in [1.165, 1.54) is 12.8 Å². The third kappa shape index (κ3) is 3.05. The van der Waals surface area contributed by atoms with Crippen molar-refractivity contribution in [3.05, 3.63) is 30.3 Å². The second kappa shape index (κ2) is 6.22. The van der Waals surface area contributed by atoms with Gasteiger partial charge in [0, 0.05) is 25.2 Å². The first-order valence-electron chi connectivity index (χ1n) is 7.59. The van der Waals surface area contributed by atoms with Gasteiger partial charge in [0.25, 0.3) is 5.95 Å². The Morgan fingerprint density at radius 2 is 2.10 bits per heavy atom. The van der Waals surface area contributed by atoms with E-state index in [0.717, 1.165) is 24.7 Å². The van der Waals surface area contributed by atoms with E-state index in [0.29, 0.717) is 12.1 Å². The van der Waals surface area contributed by atoms with Crippen molar-refractivity contribution in [1.29, 1.82) is 0 Å². The van der Waals surface area contributed by atoms with Crippen LogP contribution in [0.4, 0.5) is 5.95 Å². The minimum atomic E-state index is 0.459. The number of anilines is 1. The van der Waals surface area contributed by atoms with Gasteiger partial charge in [-0.2, -0.15) is 4.68 Å². The number of rotatable bonds is 5. The largest absolute Gasteiger partial charge is 0.335 e. The summed E-state index contributed by atoms with van der Waals surface area (Å²) < 4.78 is 1.83. The Labute approximate surface area is 125 Å². The van der Waals surface area contributed by atoms with E-state index in [1.807, 2.05) is 35.0 Å². The van der Waals surface area contributed by atoms with Crippen LogP contribution in [-0.4, -0.2) is 45.4 Å². The number of hydrogen-bond donors (Lipinski definition) is 1. The Kier molecular flexibility index (Phi) is 4.15. The molecule has 1 aromatic carbocycles. The van der Waals surface area contributed by atoms with Crippen molar-refractivity contribution in [1.82, 2.24) is 25.5 Å². The molecule has 1 aliphatic rings. The van der Waals surface area contributed by atoms with Crippen LogP contribution >= 0.6 is 0 Å². The maximum Gasteiger partial charge on any atom is 0.250 e. The van der Waals surface area contributed by atoms with Gasteiger partial charge in [0.15, 0.2) is 0 Å². The number of aromatic nitrogens is 4.